The SMILES string of the molecule is CC(C)c1ccc(CN2CCN(c3cccc4c3C(=O)N(CC3CCCO3)C4=O)CC2)cc1. The highest BCUT2D eigenvalue weighted by Gasteiger charge is 2.40. The summed E-state index contributed by atoms with van der Waals surface area (Å²) in [7, 11) is 0. The van der Waals surface area contributed by atoms with Gasteiger partial charge in [0, 0.05) is 39.3 Å². The van der Waals surface area contributed by atoms with Crippen LogP contribution < -0.4 is 4.90 Å². The molecule has 1 atom stereocenters. The molecule has 0 bridgehead atoms. The molecule has 2 amide bonds. The molecule has 5 rings (SSSR count). The Morgan fingerprint density at radius 2 is 1.73 bits per heavy atom. The van der Waals surface area contributed by atoms with Crippen molar-refractivity contribution in [2.45, 2.75) is 45.3 Å². The van der Waals surface area contributed by atoms with E-state index in [1.165, 1.54) is 16.0 Å². The number of carbonyl (C=O) groups excluding carboxylic acids is 2. The molecule has 0 N–H and O–H groups in total. The molecule has 0 saturated carbocycles. The first-order chi connectivity index (χ1) is 16.0. The molecule has 2 saturated heterocycles. The monoisotopic (exact) mass is 447 g/mol. The maximum absolute atomic E-state index is 13.3. The van der Waals surface area contributed by atoms with Crippen LogP contribution in [0, 0.1) is 0 Å². The lowest BCUT2D eigenvalue weighted by molar-refractivity contribution is 0.0475. The zero-order valence-electron chi connectivity index (χ0n) is 19.6. The average Bonchev–Trinajstić information content (AvgIpc) is 3.43. The van der Waals surface area contributed by atoms with Crippen LogP contribution in [0.2, 0.25) is 0 Å². The number of fused-ring (bicyclic) bond motifs is 1. The first-order valence-corrected chi connectivity index (χ1v) is 12.2. The zero-order chi connectivity index (χ0) is 22.9. The van der Waals surface area contributed by atoms with Crippen molar-refractivity contribution >= 4 is 17.5 Å². The largest absolute Gasteiger partial charge is 0.376 e. The van der Waals surface area contributed by atoms with Crippen molar-refractivity contribution in [2.24, 2.45) is 0 Å². The van der Waals surface area contributed by atoms with E-state index in [1.807, 2.05) is 12.1 Å². The van der Waals surface area contributed by atoms with Gasteiger partial charge in [-0.2, -0.15) is 0 Å². The van der Waals surface area contributed by atoms with E-state index in [0.717, 1.165) is 51.3 Å². The van der Waals surface area contributed by atoms with Crippen LogP contribution >= 0.6 is 0 Å². The van der Waals surface area contributed by atoms with E-state index in [1.54, 1.807) is 6.07 Å². The lowest BCUT2D eigenvalue weighted by atomic mass is 10.0. The molecule has 3 heterocycles. The third-order valence-electron chi connectivity index (χ3n) is 7.15. The molecular weight excluding hydrogens is 414 g/mol. The molecule has 6 nitrogen and oxygen atoms in total. The fourth-order valence-electron chi connectivity index (χ4n) is 5.15. The van der Waals surface area contributed by atoms with E-state index in [2.05, 4.69) is 47.9 Å². The van der Waals surface area contributed by atoms with Gasteiger partial charge in [0.1, 0.15) is 0 Å². The van der Waals surface area contributed by atoms with Crippen LogP contribution in [0.1, 0.15) is 64.4 Å². The third kappa shape index (κ3) is 4.42. The molecule has 2 aromatic rings. The molecule has 1 unspecified atom stereocenters. The normalized spacial score (nSPS) is 21.4. The fraction of sp³-hybridized carbons (Fsp3) is 0.481. The van der Waals surface area contributed by atoms with Crippen molar-refractivity contribution in [3.63, 3.8) is 0 Å². The number of anilines is 1. The van der Waals surface area contributed by atoms with Crippen LogP contribution in [0.15, 0.2) is 42.5 Å². The van der Waals surface area contributed by atoms with Crippen LogP contribution in [0.25, 0.3) is 0 Å². The Morgan fingerprint density at radius 3 is 2.39 bits per heavy atom. The molecule has 3 aliphatic rings. The number of piperazine rings is 1. The minimum absolute atomic E-state index is 0.0335. The van der Waals surface area contributed by atoms with Gasteiger partial charge in [-0.15, -0.1) is 0 Å². The average molecular weight is 448 g/mol. The molecule has 2 aromatic carbocycles. The van der Waals surface area contributed by atoms with E-state index < -0.39 is 0 Å². The Labute approximate surface area is 196 Å². The van der Waals surface area contributed by atoms with Crippen LogP contribution in [0.4, 0.5) is 5.69 Å². The van der Waals surface area contributed by atoms with Crippen molar-refractivity contribution in [1.82, 2.24) is 9.80 Å². The lowest BCUT2D eigenvalue weighted by Gasteiger charge is -2.36. The second kappa shape index (κ2) is 9.27. The predicted molar refractivity (Wildman–Crippen MR) is 129 cm³/mol. The smallest absolute Gasteiger partial charge is 0.263 e. The summed E-state index contributed by atoms with van der Waals surface area (Å²) in [5, 5.41) is 0. The summed E-state index contributed by atoms with van der Waals surface area (Å²) in [5.41, 5.74) is 4.69. The van der Waals surface area contributed by atoms with Gasteiger partial charge in [0.05, 0.1) is 29.5 Å². The Bertz CT molecular complexity index is 1020. The maximum atomic E-state index is 13.3. The van der Waals surface area contributed by atoms with Crippen molar-refractivity contribution in [1.29, 1.82) is 0 Å². The van der Waals surface area contributed by atoms with Crippen molar-refractivity contribution < 1.29 is 14.3 Å². The zero-order valence-corrected chi connectivity index (χ0v) is 19.6. The fourth-order valence-corrected chi connectivity index (χ4v) is 5.15. The number of imide groups is 1. The first-order valence-electron chi connectivity index (χ1n) is 12.2. The third-order valence-corrected chi connectivity index (χ3v) is 7.15. The highest BCUT2D eigenvalue weighted by molar-refractivity contribution is 6.23. The molecular formula is C27H33N3O3. The predicted octanol–water partition coefficient (Wildman–Crippen LogP) is 3.91. The van der Waals surface area contributed by atoms with Gasteiger partial charge in [0.15, 0.2) is 0 Å². The molecule has 0 radical (unpaired) electrons. The minimum Gasteiger partial charge on any atom is -0.376 e. The summed E-state index contributed by atoms with van der Waals surface area (Å²) >= 11 is 0. The van der Waals surface area contributed by atoms with E-state index in [9.17, 15) is 9.59 Å². The first kappa shape index (κ1) is 22.1. The summed E-state index contributed by atoms with van der Waals surface area (Å²) in [4.78, 5) is 32.3. The van der Waals surface area contributed by atoms with Crippen molar-refractivity contribution in [3.8, 4) is 0 Å². The highest BCUT2D eigenvalue weighted by Crippen LogP contribution is 2.33. The number of rotatable bonds is 6. The van der Waals surface area contributed by atoms with Crippen molar-refractivity contribution in [2.75, 3.05) is 44.2 Å². The Hall–Kier alpha value is -2.70. The van der Waals surface area contributed by atoms with Crippen LogP contribution in [0.3, 0.4) is 0 Å². The van der Waals surface area contributed by atoms with Gasteiger partial charge in [-0.3, -0.25) is 19.4 Å². The number of carbonyl (C=O) groups is 2. The Kier molecular flexibility index (Phi) is 6.21. The molecule has 174 valence electrons. The summed E-state index contributed by atoms with van der Waals surface area (Å²) < 4.78 is 5.67. The van der Waals surface area contributed by atoms with Gasteiger partial charge in [0.2, 0.25) is 0 Å². The molecule has 0 spiro atoms. The van der Waals surface area contributed by atoms with Gasteiger partial charge >= 0.3 is 0 Å². The molecule has 0 aliphatic carbocycles. The Balaban J connectivity index is 1.25. The molecule has 2 fully saturated rings. The molecule has 0 aromatic heterocycles. The molecule has 33 heavy (non-hydrogen) atoms. The highest BCUT2D eigenvalue weighted by atomic mass is 16.5. The van der Waals surface area contributed by atoms with Gasteiger partial charge in [-0.1, -0.05) is 44.2 Å². The van der Waals surface area contributed by atoms with Crippen molar-refractivity contribution in [3.05, 3.63) is 64.7 Å². The summed E-state index contributed by atoms with van der Waals surface area (Å²) in [6.45, 7) is 9.98. The standard InChI is InChI=1S/C27H33N3O3/c1-19(2)21-10-8-20(9-11-21)17-28-12-14-29(15-13-28)24-7-3-6-23-25(24)27(32)30(26(23)31)18-22-5-4-16-33-22/h3,6-11,19,22H,4-5,12-18H2,1-2H3. The maximum Gasteiger partial charge on any atom is 0.263 e. The Morgan fingerprint density at radius 1 is 0.970 bits per heavy atom. The van der Waals surface area contributed by atoms with Crippen LogP contribution in [-0.4, -0.2) is 67.0 Å². The lowest BCUT2D eigenvalue weighted by Crippen LogP contribution is -2.46. The number of hydrogen-bond donors (Lipinski definition) is 0. The van der Waals surface area contributed by atoms with E-state index in [4.69, 9.17) is 4.74 Å². The minimum atomic E-state index is -0.184. The summed E-state index contributed by atoms with van der Waals surface area (Å²) in [6.07, 6.45) is 1.86. The van der Waals surface area contributed by atoms with Gasteiger partial charge in [-0.25, -0.2) is 0 Å². The number of nitrogens with zero attached hydrogens (tertiary/aromatic N) is 3. The van der Waals surface area contributed by atoms with Gasteiger partial charge < -0.3 is 9.64 Å². The second-order valence-electron chi connectivity index (χ2n) is 9.72. The summed E-state index contributed by atoms with van der Waals surface area (Å²) in [6, 6.07) is 14.6. The van der Waals surface area contributed by atoms with E-state index in [-0.39, 0.29) is 17.9 Å². The van der Waals surface area contributed by atoms with Crippen LogP contribution in [-0.2, 0) is 11.3 Å². The number of ether oxygens (including phenoxy) is 1. The molecule has 3 aliphatic heterocycles. The van der Waals surface area contributed by atoms with Gasteiger partial charge in [0.25, 0.3) is 11.8 Å². The topological polar surface area (TPSA) is 53.1 Å². The van der Waals surface area contributed by atoms with Crippen LogP contribution in [0.5, 0.6) is 0 Å². The van der Waals surface area contributed by atoms with Gasteiger partial charge in [-0.05, 0) is 42.0 Å². The number of benzene rings is 2. The number of hydrogen-bond acceptors (Lipinski definition) is 5. The summed E-state index contributed by atoms with van der Waals surface area (Å²) in [5.74, 6) is 0.191. The molecule has 6 heteroatoms. The second-order valence-corrected chi connectivity index (χ2v) is 9.72. The quantitative estimate of drug-likeness (QED) is 0.629. The van der Waals surface area contributed by atoms with E-state index in [0.29, 0.717) is 30.2 Å². The van der Waals surface area contributed by atoms with E-state index >= 15 is 0 Å². The number of amides is 2.